The lowest BCUT2D eigenvalue weighted by Gasteiger charge is -2.19. The van der Waals surface area contributed by atoms with Crippen LogP contribution in [0.4, 0.5) is 4.79 Å². The van der Waals surface area contributed by atoms with Gasteiger partial charge in [0.25, 0.3) is 5.91 Å². The Balaban J connectivity index is 1.91. The number of nitrogens with zero attached hydrogens (tertiary/aromatic N) is 2. The van der Waals surface area contributed by atoms with Crippen molar-refractivity contribution < 1.29 is 23.5 Å². The van der Waals surface area contributed by atoms with Crippen molar-refractivity contribution in [3.05, 3.63) is 58.5 Å². The number of benzene rings is 1. The van der Waals surface area contributed by atoms with Gasteiger partial charge >= 0.3 is 12.0 Å². The van der Waals surface area contributed by atoms with E-state index in [2.05, 4.69) is 5.32 Å². The highest BCUT2D eigenvalue weighted by Gasteiger charge is 2.18. The lowest BCUT2D eigenvalue weighted by Crippen LogP contribution is -2.36. The summed E-state index contributed by atoms with van der Waals surface area (Å²) in [5, 5.41) is 2.83. The average molecular weight is 415 g/mol. The fourth-order valence-electron chi connectivity index (χ4n) is 3.01. The topological polar surface area (TPSA) is 92.1 Å². The van der Waals surface area contributed by atoms with Crippen molar-refractivity contribution >= 4 is 17.9 Å². The van der Waals surface area contributed by atoms with Crippen LogP contribution < -0.4 is 5.32 Å². The number of ether oxygens (including phenoxy) is 1. The Kier molecular flexibility index (Phi) is 8.03. The number of furan rings is 1. The van der Waals surface area contributed by atoms with Gasteiger partial charge in [0.2, 0.25) is 0 Å². The van der Waals surface area contributed by atoms with Gasteiger partial charge in [0.05, 0.1) is 13.7 Å². The highest BCUT2D eigenvalue weighted by molar-refractivity contribution is 5.94. The first-order chi connectivity index (χ1) is 14.3. The molecule has 8 nitrogen and oxygen atoms in total. The number of urea groups is 1. The largest absolute Gasteiger partial charge is 0.465 e. The SMILES string of the molecule is CCN(CC)C(=O)c1ccc(CNC(=O)N(C)Cc2cc(C(=O)OC)c(C)o2)cc1. The van der Waals surface area contributed by atoms with E-state index in [0.29, 0.717) is 42.3 Å². The molecule has 0 bridgehead atoms. The van der Waals surface area contributed by atoms with Crippen molar-refractivity contribution in [3.63, 3.8) is 0 Å². The first-order valence-electron chi connectivity index (χ1n) is 9.85. The second-order valence-electron chi connectivity index (χ2n) is 6.86. The van der Waals surface area contributed by atoms with Crippen LogP contribution in [0.25, 0.3) is 0 Å². The zero-order valence-corrected chi connectivity index (χ0v) is 18.2. The third-order valence-electron chi connectivity index (χ3n) is 4.81. The molecule has 1 aromatic carbocycles. The molecular formula is C22H29N3O5. The van der Waals surface area contributed by atoms with Crippen LogP contribution in [0.1, 0.15) is 51.6 Å². The summed E-state index contributed by atoms with van der Waals surface area (Å²) in [5.74, 6) is 0.461. The van der Waals surface area contributed by atoms with Crippen LogP contribution in [0.2, 0.25) is 0 Å². The molecule has 2 aromatic rings. The minimum atomic E-state index is -0.475. The van der Waals surface area contributed by atoms with Gasteiger partial charge < -0.3 is 24.3 Å². The summed E-state index contributed by atoms with van der Waals surface area (Å²) < 4.78 is 10.2. The zero-order valence-electron chi connectivity index (χ0n) is 18.2. The number of esters is 1. The normalized spacial score (nSPS) is 10.4. The summed E-state index contributed by atoms with van der Waals surface area (Å²) in [4.78, 5) is 39.6. The Morgan fingerprint density at radius 1 is 1.10 bits per heavy atom. The summed E-state index contributed by atoms with van der Waals surface area (Å²) in [6, 6.07) is 8.49. The number of rotatable bonds is 8. The van der Waals surface area contributed by atoms with Crippen LogP contribution in [-0.4, -0.2) is 55.0 Å². The van der Waals surface area contributed by atoms with Gasteiger partial charge in [-0.3, -0.25) is 4.79 Å². The van der Waals surface area contributed by atoms with Crippen LogP contribution in [0.5, 0.6) is 0 Å². The second kappa shape index (κ2) is 10.5. The van der Waals surface area contributed by atoms with E-state index in [9.17, 15) is 14.4 Å². The van der Waals surface area contributed by atoms with E-state index >= 15 is 0 Å². The standard InChI is InChI=1S/C22H29N3O5/c1-6-25(7-2)20(26)17-10-8-16(9-11-17)13-23-22(28)24(4)14-18-12-19(15(3)30-18)21(27)29-5/h8-12H,6-7,13-14H2,1-5H3,(H,23,28). The van der Waals surface area contributed by atoms with Crippen LogP contribution >= 0.6 is 0 Å². The van der Waals surface area contributed by atoms with Crippen molar-refractivity contribution in [2.75, 3.05) is 27.2 Å². The minimum Gasteiger partial charge on any atom is -0.465 e. The van der Waals surface area contributed by atoms with Gasteiger partial charge in [-0.15, -0.1) is 0 Å². The summed E-state index contributed by atoms with van der Waals surface area (Å²) in [6.45, 7) is 7.43. The van der Waals surface area contributed by atoms with Crippen LogP contribution in [0, 0.1) is 6.92 Å². The van der Waals surface area contributed by atoms with Gasteiger partial charge in [0.1, 0.15) is 17.1 Å². The fourth-order valence-corrected chi connectivity index (χ4v) is 3.01. The van der Waals surface area contributed by atoms with Gasteiger partial charge in [0, 0.05) is 32.2 Å². The molecule has 8 heteroatoms. The van der Waals surface area contributed by atoms with Crippen LogP contribution in [0.15, 0.2) is 34.7 Å². The molecule has 0 aliphatic heterocycles. The smallest absolute Gasteiger partial charge is 0.341 e. The highest BCUT2D eigenvalue weighted by atomic mass is 16.5. The van der Waals surface area contributed by atoms with E-state index in [0.717, 1.165) is 5.56 Å². The Labute approximate surface area is 176 Å². The molecule has 0 fully saturated rings. The number of carbonyl (C=O) groups excluding carboxylic acids is 3. The van der Waals surface area contributed by atoms with E-state index in [-0.39, 0.29) is 18.5 Å². The second-order valence-corrected chi connectivity index (χ2v) is 6.86. The van der Waals surface area contributed by atoms with Crippen molar-refractivity contribution in [1.82, 2.24) is 15.1 Å². The maximum absolute atomic E-state index is 12.4. The van der Waals surface area contributed by atoms with Crippen molar-refractivity contribution in [1.29, 1.82) is 0 Å². The van der Waals surface area contributed by atoms with Gasteiger partial charge in [-0.05, 0) is 44.5 Å². The monoisotopic (exact) mass is 415 g/mol. The van der Waals surface area contributed by atoms with Gasteiger partial charge in [-0.1, -0.05) is 12.1 Å². The third-order valence-corrected chi connectivity index (χ3v) is 4.81. The first kappa shape index (κ1) is 23.0. The van der Waals surface area contributed by atoms with Crippen LogP contribution in [-0.2, 0) is 17.8 Å². The number of carbonyl (C=O) groups is 3. The lowest BCUT2D eigenvalue weighted by atomic mass is 10.1. The molecule has 1 N–H and O–H groups in total. The Bertz CT molecular complexity index is 885. The average Bonchev–Trinajstić information content (AvgIpc) is 3.12. The van der Waals surface area contributed by atoms with E-state index in [1.54, 1.807) is 37.1 Å². The Hall–Kier alpha value is -3.29. The third kappa shape index (κ3) is 5.62. The molecule has 1 aromatic heterocycles. The molecule has 30 heavy (non-hydrogen) atoms. The molecule has 0 radical (unpaired) electrons. The fraction of sp³-hybridized carbons (Fsp3) is 0.409. The van der Waals surface area contributed by atoms with Gasteiger partial charge in [0.15, 0.2) is 0 Å². The molecule has 0 atom stereocenters. The van der Waals surface area contributed by atoms with Gasteiger partial charge in [-0.2, -0.15) is 0 Å². The Morgan fingerprint density at radius 2 is 1.73 bits per heavy atom. The number of hydrogen-bond donors (Lipinski definition) is 1. The van der Waals surface area contributed by atoms with E-state index in [1.807, 2.05) is 26.0 Å². The molecule has 0 spiro atoms. The number of aryl methyl sites for hydroxylation is 1. The summed E-state index contributed by atoms with van der Waals surface area (Å²) in [7, 11) is 2.94. The van der Waals surface area contributed by atoms with Crippen molar-refractivity contribution in [2.24, 2.45) is 0 Å². The van der Waals surface area contributed by atoms with Gasteiger partial charge in [-0.25, -0.2) is 9.59 Å². The maximum Gasteiger partial charge on any atom is 0.341 e. The first-order valence-corrected chi connectivity index (χ1v) is 9.85. The molecule has 0 saturated carbocycles. The highest BCUT2D eigenvalue weighted by Crippen LogP contribution is 2.17. The summed E-state index contributed by atoms with van der Waals surface area (Å²) in [6.07, 6.45) is 0. The van der Waals surface area contributed by atoms with E-state index < -0.39 is 5.97 Å². The Morgan fingerprint density at radius 3 is 2.30 bits per heavy atom. The molecule has 0 aliphatic rings. The number of nitrogens with one attached hydrogen (secondary N) is 1. The maximum atomic E-state index is 12.4. The van der Waals surface area contributed by atoms with Crippen molar-refractivity contribution in [3.8, 4) is 0 Å². The van der Waals surface area contributed by atoms with Crippen molar-refractivity contribution in [2.45, 2.75) is 33.9 Å². The molecule has 0 aliphatic carbocycles. The van der Waals surface area contributed by atoms with E-state index in [4.69, 9.17) is 9.15 Å². The summed E-state index contributed by atoms with van der Waals surface area (Å²) >= 11 is 0. The lowest BCUT2D eigenvalue weighted by molar-refractivity contribution is 0.0598. The number of hydrogen-bond acceptors (Lipinski definition) is 5. The quantitative estimate of drug-likeness (QED) is 0.669. The zero-order chi connectivity index (χ0) is 22.3. The molecule has 3 amide bonds. The molecule has 162 valence electrons. The predicted molar refractivity (Wildman–Crippen MR) is 112 cm³/mol. The number of methoxy groups -OCH3 is 1. The predicted octanol–water partition coefficient (Wildman–Crippen LogP) is 3.20. The minimum absolute atomic E-state index is 0.00427. The molecule has 1 heterocycles. The van der Waals surface area contributed by atoms with Crippen LogP contribution in [0.3, 0.4) is 0 Å². The molecule has 2 rings (SSSR count). The number of amides is 3. The summed E-state index contributed by atoms with van der Waals surface area (Å²) in [5.41, 5.74) is 1.86. The molecule has 0 unspecified atom stereocenters. The molecule has 0 saturated heterocycles. The van der Waals surface area contributed by atoms with E-state index in [1.165, 1.54) is 12.0 Å². The molecular weight excluding hydrogens is 386 g/mol.